The van der Waals surface area contributed by atoms with Crippen LogP contribution in [-0.2, 0) is 4.79 Å². The smallest absolute Gasteiger partial charge is 0.271 e. The predicted molar refractivity (Wildman–Crippen MR) is 153 cm³/mol. The van der Waals surface area contributed by atoms with E-state index < -0.39 is 6.04 Å². The second-order valence-corrected chi connectivity index (χ2v) is 9.85. The van der Waals surface area contributed by atoms with Crippen LogP contribution in [0.1, 0.15) is 37.9 Å². The van der Waals surface area contributed by atoms with Crippen molar-refractivity contribution in [2.45, 2.75) is 26.8 Å². The van der Waals surface area contributed by atoms with Crippen LogP contribution < -0.4 is 29.1 Å². The molecule has 0 aliphatic carbocycles. The summed E-state index contributed by atoms with van der Waals surface area (Å²) in [6, 6.07) is 12.1. The van der Waals surface area contributed by atoms with Gasteiger partial charge in [0.05, 0.1) is 30.0 Å². The van der Waals surface area contributed by atoms with Crippen molar-refractivity contribution in [2.24, 2.45) is 4.99 Å². The van der Waals surface area contributed by atoms with Gasteiger partial charge in [-0.3, -0.25) is 14.2 Å². The topological polar surface area (TPSA) is 82.4 Å². The van der Waals surface area contributed by atoms with E-state index in [0.29, 0.717) is 63.1 Å². The van der Waals surface area contributed by atoms with E-state index in [2.05, 4.69) is 6.58 Å². The molecule has 0 saturated heterocycles. The number of allylic oxidation sites excluding steroid dienone is 1. The van der Waals surface area contributed by atoms with Gasteiger partial charge in [-0.25, -0.2) is 4.99 Å². The number of amides is 1. The Bertz CT molecular complexity index is 1600. The van der Waals surface area contributed by atoms with Crippen molar-refractivity contribution in [3.63, 3.8) is 0 Å². The number of hydrogen-bond donors (Lipinski definition) is 0. The maximum atomic E-state index is 14.0. The molecule has 2 heterocycles. The van der Waals surface area contributed by atoms with Gasteiger partial charge >= 0.3 is 0 Å². The molecular formula is C30H33N3O5S. The fourth-order valence-corrected chi connectivity index (χ4v) is 5.67. The number of rotatable bonds is 10. The fourth-order valence-electron chi connectivity index (χ4n) is 4.62. The number of methoxy groups -OCH3 is 2. The molecule has 0 saturated carbocycles. The Hall–Kier alpha value is -4.11. The van der Waals surface area contributed by atoms with Gasteiger partial charge in [-0.2, -0.15) is 0 Å². The maximum Gasteiger partial charge on any atom is 0.271 e. The van der Waals surface area contributed by atoms with Gasteiger partial charge in [-0.05, 0) is 62.7 Å². The van der Waals surface area contributed by atoms with Crippen molar-refractivity contribution in [3.05, 3.63) is 97.2 Å². The summed E-state index contributed by atoms with van der Waals surface area (Å²) in [4.78, 5) is 34.8. The summed E-state index contributed by atoms with van der Waals surface area (Å²) < 4.78 is 18.9. The van der Waals surface area contributed by atoms with Gasteiger partial charge in [0.2, 0.25) is 0 Å². The van der Waals surface area contributed by atoms with Crippen LogP contribution in [0.4, 0.5) is 0 Å². The van der Waals surface area contributed by atoms with Crippen LogP contribution in [0.5, 0.6) is 17.2 Å². The number of fused-ring (bicyclic) bond motifs is 1. The molecule has 2 aromatic carbocycles. The molecule has 4 rings (SSSR count). The van der Waals surface area contributed by atoms with E-state index in [4.69, 9.17) is 19.2 Å². The van der Waals surface area contributed by atoms with E-state index in [9.17, 15) is 9.59 Å². The first-order chi connectivity index (χ1) is 18.9. The molecule has 0 radical (unpaired) electrons. The first-order valence-electron chi connectivity index (χ1n) is 12.7. The third-order valence-electron chi connectivity index (χ3n) is 6.56. The van der Waals surface area contributed by atoms with Crippen LogP contribution in [0, 0.1) is 0 Å². The molecular weight excluding hydrogens is 514 g/mol. The van der Waals surface area contributed by atoms with E-state index in [1.807, 2.05) is 57.2 Å². The van der Waals surface area contributed by atoms with Gasteiger partial charge in [-0.1, -0.05) is 36.1 Å². The molecule has 0 unspecified atom stereocenters. The zero-order chi connectivity index (χ0) is 28.1. The molecule has 1 aliphatic heterocycles. The molecule has 39 heavy (non-hydrogen) atoms. The lowest BCUT2D eigenvalue weighted by molar-refractivity contribution is -0.127. The molecule has 0 fully saturated rings. The molecule has 3 aromatic rings. The number of hydrogen-bond acceptors (Lipinski definition) is 7. The van der Waals surface area contributed by atoms with Crippen LogP contribution in [0.25, 0.3) is 6.08 Å². The van der Waals surface area contributed by atoms with Crippen molar-refractivity contribution < 1.29 is 19.0 Å². The molecule has 0 spiro atoms. The van der Waals surface area contributed by atoms with Gasteiger partial charge in [0, 0.05) is 18.7 Å². The van der Waals surface area contributed by atoms with Crippen molar-refractivity contribution >= 4 is 23.3 Å². The number of carbonyl (C=O) groups excluding carboxylic acids is 1. The Morgan fingerprint density at radius 1 is 1.13 bits per heavy atom. The number of likely N-dealkylation sites (N-methyl/N-ethyl adjacent to an activating group) is 1. The first-order valence-corrected chi connectivity index (χ1v) is 13.6. The van der Waals surface area contributed by atoms with Crippen LogP contribution in [-0.4, -0.2) is 49.3 Å². The number of thiazole rings is 1. The fraction of sp³-hybridized carbons (Fsp3) is 0.300. The highest BCUT2D eigenvalue weighted by molar-refractivity contribution is 7.07. The van der Waals surface area contributed by atoms with E-state index >= 15 is 0 Å². The second kappa shape index (κ2) is 12.2. The Morgan fingerprint density at radius 3 is 2.56 bits per heavy atom. The highest BCUT2D eigenvalue weighted by Crippen LogP contribution is 2.38. The molecule has 204 valence electrons. The Labute approximate surface area is 231 Å². The van der Waals surface area contributed by atoms with Crippen molar-refractivity contribution in [1.29, 1.82) is 0 Å². The monoisotopic (exact) mass is 547 g/mol. The minimum atomic E-state index is -0.746. The Balaban J connectivity index is 1.97. The van der Waals surface area contributed by atoms with Gasteiger partial charge in [-0.15, -0.1) is 0 Å². The third-order valence-corrected chi connectivity index (χ3v) is 7.54. The van der Waals surface area contributed by atoms with E-state index in [1.54, 1.807) is 41.9 Å². The molecule has 1 aromatic heterocycles. The molecule has 1 amide bonds. The van der Waals surface area contributed by atoms with Crippen LogP contribution in [0.15, 0.2) is 76.2 Å². The number of ether oxygens (including phenoxy) is 3. The lowest BCUT2D eigenvalue weighted by Crippen LogP contribution is -2.43. The zero-order valence-corrected chi connectivity index (χ0v) is 23.7. The lowest BCUT2D eigenvalue weighted by atomic mass is 9.93. The Morgan fingerprint density at radius 2 is 1.90 bits per heavy atom. The maximum absolute atomic E-state index is 14.0. The van der Waals surface area contributed by atoms with E-state index in [-0.39, 0.29) is 11.5 Å². The summed E-state index contributed by atoms with van der Waals surface area (Å²) in [6.45, 7) is 10.8. The summed E-state index contributed by atoms with van der Waals surface area (Å²) in [6.07, 6.45) is 3.49. The summed E-state index contributed by atoms with van der Waals surface area (Å²) in [5.41, 5.74) is 2.21. The molecule has 9 heteroatoms. The lowest BCUT2D eigenvalue weighted by Gasteiger charge is -2.30. The average molecular weight is 548 g/mol. The SMILES string of the molecule is C=CCOc1cccc(/C=c2/sc3n(c2=O)[C@H](c2cc(OC)ccc2OC)C(C(=O)N(CC)CC)=C(C)N=3)c1. The van der Waals surface area contributed by atoms with Gasteiger partial charge in [0.15, 0.2) is 4.80 Å². The normalized spacial score (nSPS) is 14.9. The summed E-state index contributed by atoms with van der Waals surface area (Å²) >= 11 is 1.28. The largest absolute Gasteiger partial charge is 0.497 e. The van der Waals surface area contributed by atoms with Crippen LogP contribution in [0.3, 0.4) is 0 Å². The number of aromatic nitrogens is 1. The van der Waals surface area contributed by atoms with E-state index in [0.717, 1.165) is 5.56 Å². The third kappa shape index (κ3) is 5.54. The van der Waals surface area contributed by atoms with Gasteiger partial charge < -0.3 is 19.1 Å². The minimum absolute atomic E-state index is 0.169. The first kappa shape index (κ1) is 27.9. The molecule has 0 bridgehead atoms. The molecule has 1 aliphatic rings. The molecule has 0 N–H and O–H groups in total. The summed E-state index contributed by atoms with van der Waals surface area (Å²) in [5.74, 6) is 1.64. The average Bonchev–Trinajstić information content (AvgIpc) is 3.25. The quantitative estimate of drug-likeness (QED) is 0.362. The molecule has 8 nitrogen and oxygen atoms in total. The standard InChI is InChI=1S/C30H33N3O5S/c1-7-15-38-22-12-10-11-20(16-22)17-25-28(34)33-27(23-18-21(36-5)13-14-24(23)37-6)26(19(4)31-30(33)39-25)29(35)32(8-2)9-3/h7,10-14,16-18,27H,1,8-9,15H2,2-6H3/b25-17+/t27-/m1/s1. The number of benzene rings is 2. The van der Waals surface area contributed by atoms with Crippen molar-refractivity contribution in [1.82, 2.24) is 9.47 Å². The minimum Gasteiger partial charge on any atom is -0.497 e. The number of nitrogens with zero attached hydrogens (tertiary/aromatic N) is 3. The van der Waals surface area contributed by atoms with Crippen LogP contribution in [0.2, 0.25) is 0 Å². The van der Waals surface area contributed by atoms with E-state index in [1.165, 1.54) is 11.3 Å². The highest BCUT2D eigenvalue weighted by Gasteiger charge is 2.36. The molecule has 1 atom stereocenters. The Kier molecular flexibility index (Phi) is 8.71. The zero-order valence-electron chi connectivity index (χ0n) is 22.9. The van der Waals surface area contributed by atoms with Gasteiger partial charge in [0.25, 0.3) is 11.5 Å². The predicted octanol–water partition coefficient (Wildman–Crippen LogP) is 3.69. The number of carbonyl (C=O) groups is 1. The summed E-state index contributed by atoms with van der Waals surface area (Å²) in [5, 5.41) is 0. The van der Waals surface area contributed by atoms with Crippen molar-refractivity contribution in [3.8, 4) is 17.2 Å². The van der Waals surface area contributed by atoms with Gasteiger partial charge in [0.1, 0.15) is 29.9 Å². The highest BCUT2D eigenvalue weighted by atomic mass is 32.1. The van der Waals surface area contributed by atoms with Crippen LogP contribution >= 0.6 is 11.3 Å². The second-order valence-electron chi connectivity index (χ2n) is 8.84. The summed E-state index contributed by atoms with van der Waals surface area (Å²) in [7, 11) is 3.14. The van der Waals surface area contributed by atoms with Crippen molar-refractivity contribution in [2.75, 3.05) is 33.9 Å².